The first-order chi connectivity index (χ1) is 8.11. The van der Waals surface area contributed by atoms with Gasteiger partial charge in [0.2, 0.25) is 0 Å². The molecular weight excluding hydrogens is 226 g/mol. The molecule has 0 heterocycles. The van der Waals surface area contributed by atoms with E-state index >= 15 is 0 Å². The fourth-order valence-corrected chi connectivity index (χ4v) is 2.92. The van der Waals surface area contributed by atoms with Crippen molar-refractivity contribution in [2.75, 3.05) is 12.8 Å². The van der Waals surface area contributed by atoms with Crippen LogP contribution in [0.2, 0.25) is 0 Å². The summed E-state index contributed by atoms with van der Waals surface area (Å²) in [6.07, 6.45) is 2.58. The highest BCUT2D eigenvalue weighted by Crippen LogP contribution is 2.21. The summed E-state index contributed by atoms with van der Waals surface area (Å²) in [5.41, 5.74) is 1.35. The summed E-state index contributed by atoms with van der Waals surface area (Å²) in [5.74, 6) is 1.96. The van der Waals surface area contributed by atoms with Gasteiger partial charge >= 0.3 is 0 Å². The van der Waals surface area contributed by atoms with Gasteiger partial charge in [-0.25, -0.2) is 0 Å². The van der Waals surface area contributed by atoms with Gasteiger partial charge in [-0.2, -0.15) is 0 Å². The van der Waals surface area contributed by atoms with Crippen molar-refractivity contribution >= 4 is 11.8 Å². The van der Waals surface area contributed by atoms with E-state index in [1.165, 1.54) is 23.3 Å². The molecule has 1 unspecified atom stereocenters. The normalized spacial score (nSPS) is 13.0. The Morgan fingerprint density at radius 2 is 2.00 bits per heavy atom. The molecule has 1 aromatic rings. The number of hydrogen-bond donors (Lipinski definition) is 1. The standard InChI is InChI=1S/C15H25NS/c1-12(2)8-9-14(16-4)11-17-15-7-5-6-13(3)10-15/h5-7,10,12,14,16H,8-9,11H2,1-4H3. The Morgan fingerprint density at radius 3 is 2.59 bits per heavy atom. The highest BCUT2D eigenvalue weighted by atomic mass is 32.2. The Hall–Kier alpha value is -0.470. The molecule has 0 amide bonds. The van der Waals surface area contributed by atoms with Crippen molar-refractivity contribution < 1.29 is 0 Å². The molecule has 1 rings (SSSR count). The number of nitrogens with one attached hydrogen (secondary N) is 1. The van der Waals surface area contributed by atoms with Crippen LogP contribution in [0.1, 0.15) is 32.3 Å². The van der Waals surface area contributed by atoms with Gasteiger partial charge < -0.3 is 5.32 Å². The molecule has 0 aliphatic heterocycles. The van der Waals surface area contributed by atoms with E-state index in [9.17, 15) is 0 Å². The van der Waals surface area contributed by atoms with Crippen LogP contribution in [0.5, 0.6) is 0 Å². The van der Waals surface area contributed by atoms with Crippen LogP contribution in [0.15, 0.2) is 29.2 Å². The third-order valence-electron chi connectivity index (χ3n) is 2.94. The lowest BCUT2D eigenvalue weighted by atomic mass is 10.0. The zero-order valence-corrected chi connectivity index (χ0v) is 12.3. The van der Waals surface area contributed by atoms with E-state index in [-0.39, 0.29) is 0 Å². The quantitative estimate of drug-likeness (QED) is 0.732. The fourth-order valence-electron chi connectivity index (χ4n) is 1.75. The Labute approximate surface area is 110 Å². The minimum atomic E-state index is 0.628. The molecule has 0 aliphatic rings. The predicted octanol–water partition coefficient (Wildman–Crippen LogP) is 4.11. The van der Waals surface area contributed by atoms with Crippen LogP contribution in [0.4, 0.5) is 0 Å². The largest absolute Gasteiger partial charge is 0.316 e. The van der Waals surface area contributed by atoms with E-state index in [0.717, 1.165) is 11.7 Å². The van der Waals surface area contributed by atoms with Crippen LogP contribution >= 0.6 is 11.8 Å². The van der Waals surface area contributed by atoms with Crippen molar-refractivity contribution in [3.8, 4) is 0 Å². The van der Waals surface area contributed by atoms with Gasteiger partial charge in [-0.3, -0.25) is 0 Å². The Kier molecular flexibility index (Phi) is 6.68. The molecule has 1 N–H and O–H groups in total. The average molecular weight is 251 g/mol. The minimum absolute atomic E-state index is 0.628. The molecule has 0 fully saturated rings. The number of hydrogen-bond acceptors (Lipinski definition) is 2. The SMILES string of the molecule is CNC(CCC(C)C)CSc1cccc(C)c1. The van der Waals surface area contributed by atoms with Crippen LogP contribution < -0.4 is 5.32 Å². The first kappa shape index (κ1) is 14.6. The van der Waals surface area contributed by atoms with Crippen LogP contribution in [0, 0.1) is 12.8 Å². The number of thioether (sulfide) groups is 1. The molecule has 0 aromatic heterocycles. The van der Waals surface area contributed by atoms with Gasteiger partial charge in [0.25, 0.3) is 0 Å². The third-order valence-corrected chi connectivity index (χ3v) is 4.10. The summed E-state index contributed by atoms with van der Waals surface area (Å²) in [6.45, 7) is 6.74. The third kappa shape index (κ3) is 6.13. The smallest absolute Gasteiger partial charge is 0.0158 e. The maximum Gasteiger partial charge on any atom is 0.0158 e. The molecule has 0 bridgehead atoms. The lowest BCUT2D eigenvalue weighted by Crippen LogP contribution is -2.28. The molecule has 2 heteroatoms. The maximum atomic E-state index is 3.42. The average Bonchev–Trinajstić information content (AvgIpc) is 2.29. The Bertz CT molecular complexity index is 322. The minimum Gasteiger partial charge on any atom is -0.316 e. The number of aryl methyl sites for hydroxylation is 1. The maximum absolute atomic E-state index is 3.42. The van der Waals surface area contributed by atoms with Crippen molar-refractivity contribution in [3.63, 3.8) is 0 Å². The summed E-state index contributed by atoms with van der Waals surface area (Å²) < 4.78 is 0. The van der Waals surface area contributed by atoms with Crippen molar-refractivity contribution in [1.82, 2.24) is 5.32 Å². The van der Waals surface area contributed by atoms with Gasteiger partial charge in [0.15, 0.2) is 0 Å². The van der Waals surface area contributed by atoms with Gasteiger partial charge in [0, 0.05) is 16.7 Å². The molecule has 0 saturated heterocycles. The van der Waals surface area contributed by atoms with Crippen molar-refractivity contribution in [2.45, 2.75) is 44.6 Å². The Balaban J connectivity index is 2.37. The highest BCUT2D eigenvalue weighted by Gasteiger charge is 2.07. The van der Waals surface area contributed by atoms with Gasteiger partial charge in [-0.05, 0) is 44.9 Å². The summed E-state index contributed by atoms with van der Waals surface area (Å²) in [5, 5.41) is 3.42. The second kappa shape index (κ2) is 7.78. The van der Waals surface area contributed by atoms with Crippen molar-refractivity contribution in [1.29, 1.82) is 0 Å². The summed E-state index contributed by atoms with van der Waals surface area (Å²) in [6, 6.07) is 9.38. The van der Waals surface area contributed by atoms with Crippen LogP contribution in [-0.4, -0.2) is 18.8 Å². The molecule has 1 atom stereocenters. The summed E-state index contributed by atoms with van der Waals surface area (Å²) in [7, 11) is 2.07. The molecular formula is C15H25NS. The summed E-state index contributed by atoms with van der Waals surface area (Å²) in [4.78, 5) is 1.38. The zero-order chi connectivity index (χ0) is 12.7. The molecule has 0 spiro atoms. The molecule has 0 aliphatic carbocycles. The molecule has 0 saturated carbocycles. The van der Waals surface area contributed by atoms with E-state index in [2.05, 4.69) is 57.4 Å². The van der Waals surface area contributed by atoms with Gasteiger partial charge in [0.05, 0.1) is 0 Å². The van der Waals surface area contributed by atoms with Gasteiger partial charge in [-0.15, -0.1) is 11.8 Å². The monoisotopic (exact) mass is 251 g/mol. The molecule has 17 heavy (non-hydrogen) atoms. The molecule has 1 aromatic carbocycles. The summed E-state index contributed by atoms with van der Waals surface area (Å²) >= 11 is 1.96. The predicted molar refractivity (Wildman–Crippen MR) is 78.8 cm³/mol. The van der Waals surface area contributed by atoms with E-state index in [1.54, 1.807) is 0 Å². The number of benzene rings is 1. The topological polar surface area (TPSA) is 12.0 Å². The van der Waals surface area contributed by atoms with Crippen molar-refractivity contribution in [2.24, 2.45) is 5.92 Å². The highest BCUT2D eigenvalue weighted by molar-refractivity contribution is 7.99. The molecule has 96 valence electrons. The van der Waals surface area contributed by atoms with E-state index in [0.29, 0.717) is 6.04 Å². The lowest BCUT2D eigenvalue weighted by molar-refractivity contribution is 0.479. The second-order valence-electron chi connectivity index (χ2n) is 5.08. The molecule has 1 nitrogen and oxygen atoms in total. The van der Waals surface area contributed by atoms with E-state index in [4.69, 9.17) is 0 Å². The van der Waals surface area contributed by atoms with Crippen molar-refractivity contribution in [3.05, 3.63) is 29.8 Å². The fraction of sp³-hybridized carbons (Fsp3) is 0.600. The van der Waals surface area contributed by atoms with Gasteiger partial charge in [-0.1, -0.05) is 31.5 Å². The lowest BCUT2D eigenvalue weighted by Gasteiger charge is -2.17. The second-order valence-corrected chi connectivity index (χ2v) is 6.18. The van der Waals surface area contributed by atoms with Crippen LogP contribution in [0.25, 0.3) is 0 Å². The van der Waals surface area contributed by atoms with Crippen LogP contribution in [0.3, 0.4) is 0 Å². The first-order valence-corrected chi connectivity index (χ1v) is 7.47. The van der Waals surface area contributed by atoms with E-state index < -0.39 is 0 Å². The first-order valence-electron chi connectivity index (χ1n) is 6.48. The van der Waals surface area contributed by atoms with Gasteiger partial charge in [0.1, 0.15) is 0 Å². The Morgan fingerprint density at radius 1 is 1.24 bits per heavy atom. The molecule has 0 radical (unpaired) electrons. The zero-order valence-electron chi connectivity index (χ0n) is 11.5. The van der Waals surface area contributed by atoms with E-state index in [1.807, 2.05) is 11.8 Å². The number of rotatable bonds is 7. The van der Waals surface area contributed by atoms with Crippen LogP contribution in [-0.2, 0) is 0 Å².